The minimum atomic E-state index is -2.15. The highest BCUT2D eigenvalue weighted by Gasteiger charge is 2.44. The summed E-state index contributed by atoms with van der Waals surface area (Å²) in [4.78, 5) is 12.0. The Kier molecular flexibility index (Phi) is 4.81. The summed E-state index contributed by atoms with van der Waals surface area (Å²) in [5.74, 6) is -4.32. The number of carbonyl (C=O) groups excluding carboxylic acids is 1. The third-order valence-corrected chi connectivity index (χ3v) is 3.76. The number of primary amides is 1. The number of benzene rings is 2. The molecule has 0 fully saturated rings. The minimum absolute atomic E-state index is 0.276. The molecule has 0 aliphatic rings. The van der Waals surface area contributed by atoms with Crippen molar-refractivity contribution >= 4 is 5.91 Å². The van der Waals surface area contributed by atoms with Gasteiger partial charge in [-0.05, 0) is 29.8 Å². The molecule has 5 nitrogen and oxygen atoms in total. The highest BCUT2D eigenvalue weighted by Crippen LogP contribution is 2.36. The van der Waals surface area contributed by atoms with Crippen LogP contribution in [0.1, 0.15) is 16.7 Å². The second-order valence-electron chi connectivity index (χ2n) is 5.14. The second-order valence-corrected chi connectivity index (χ2v) is 5.14. The van der Waals surface area contributed by atoms with Crippen molar-refractivity contribution < 1.29 is 23.4 Å². The number of nitrogens with two attached hydrogens (primary N) is 1. The van der Waals surface area contributed by atoms with Gasteiger partial charge in [-0.2, -0.15) is 5.26 Å². The maximum Gasteiger partial charge on any atom is 0.254 e. The van der Waals surface area contributed by atoms with Crippen LogP contribution >= 0.6 is 0 Å². The number of methoxy groups -OCH3 is 1. The van der Waals surface area contributed by atoms with Crippen LogP contribution in [-0.2, 0) is 21.6 Å². The summed E-state index contributed by atoms with van der Waals surface area (Å²) >= 11 is 0. The van der Waals surface area contributed by atoms with Gasteiger partial charge in [0, 0.05) is 13.5 Å². The van der Waals surface area contributed by atoms with E-state index in [0.717, 1.165) is 19.2 Å². The van der Waals surface area contributed by atoms with Crippen LogP contribution in [0, 0.1) is 23.0 Å². The Morgan fingerprint density at radius 1 is 1.29 bits per heavy atom. The molecule has 0 radical (unpaired) electrons. The third kappa shape index (κ3) is 2.92. The molecular weight excluding hydrogens is 318 g/mol. The molecule has 1 unspecified atom stereocenters. The van der Waals surface area contributed by atoms with Crippen molar-refractivity contribution in [3.8, 4) is 11.8 Å². The Labute approximate surface area is 136 Å². The summed E-state index contributed by atoms with van der Waals surface area (Å²) in [6, 6.07) is 9.62. The fourth-order valence-corrected chi connectivity index (χ4v) is 2.47. The van der Waals surface area contributed by atoms with E-state index in [9.17, 15) is 18.7 Å². The van der Waals surface area contributed by atoms with E-state index in [1.165, 1.54) is 24.3 Å². The lowest BCUT2D eigenvalue weighted by Crippen LogP contribution is -2.46. The molecule has 0 spiro atoms. The summed E-state index contributed by atoms with van der Waals surface area (Å²) in [6.07, 6.45) is -0.276. The number of aromatic hydroxyl groups is 1. The van der Waals surface area contributed by atoms with Crippen molar-refractivity contribution in [1.82, 2.24) is 0 Å². The number of amides is 1. The highest BCUT2D eigenvalue weighted by molar-refractivity contribution is 5.85. The molecule has 0 aliphatic carbocycles. The second kappa shape index (κ2) is 6.64. The Bertz CT molecular complexity index is 816. The zero-order valence-electron chi connectivity index (χ0n) is 12.7. The largest absolute Gasteiger partial charge is 0.505 e. The van der Waals surface area contributed by atoms with Crippen molar-refractivity contribution in [1.29, 1.82) is 5.26 Å². The SMILES string of the molecule is COC(Cc1ccc(C#N)cc1)(C(N)=O)c1c(F)ccc(O)c1F. The van der Waals surface area contributed by atoms with Gasteiger partial charge in [0.1, 0.15) is 5.82 Å². The fourth-order valence-electron chi connectivity index (χ4n) is 2.47. The number of nitriles is 1. The molecular formula is C17H14F2N2O3. The molecule has 0 saturated heterocycles. The summed E-state index contributed by atoms with van der Waals surface area (Å²) in [5.41, 5.74) is 3.31. The van der Waals surface area contributed by atoms with Gasteiger partial charge < -0.3 is 15.6 Å². The summed E-state index contributed by atoms with van der Waals surface area (Å²) in [6.45, 7) is 0. The van der Waals surface area contributed by atoms with Gasteiger partial charge in [0.05, 0.1) is 17.2 Å². The zero-order chi connectivity index (χ0) is 17.9. The summed E-state index contributed by atoms with van der Waals surface area (Å²) < 4.78 is 33.6. The number of ether oxygens (including phenoxy) is 1. The van der Waals surface area contributed by atoms with Crippen LogP contribution in [0.3, 0.4) is 0 Å². The van der Waals surface area contributed by atoms with Gasteiger partial charge in [-0.25, -0.2) is 8.78 Å². The summed E-state index contributed by atoms with van der Waals surface area (Å²) in [7, 11) is 1.09. The number of hydrogen-bond donors (Lipinski definition) is 2. The molecule has 0 aliphatic heterocycles. The lowest BCUT2D eigenvalue weighted by atomic mass is 9.85. The molecule has 2 aromatic carbocycles. The number of nitrogens with zero attached hydrogens (tertiary/aromatic N) is 1. The average molecular weight is 332 g/mol. The normalized spacial score (nSPS) is 13.1. The first kappa shape index (κ1) is 17.4. The number of rotatable bonds is 5. The molecule has 3 N–H and O–H groups in total. The van der Waals surface area contributed by atoms with Crippen LogP contribution in [0.2, 0.25) is 0 Å². The minimum Gasteiger partial charge on any atom is -0.505 e. The van der Waals surface area contributed by atoms with Crippen LogP contribution in [0.25, 0.3) is 0 Å². The predicted octanol–water partition coefficient (Wildman–Crippen LogP) is 2.11. The third-order valence-electron chi connectivity index (χ3n) is 3.76. The molecule has 2 aromatic rings. The first-order chi connectivity index (χ1) is 11.4. The molecule has 0 aromatic heterocycles. The molecule has 0 heterocycles. The quantitative estimate of drug-likeness (QED) is 0.876. The van der Waals surface area contributed by atoms with Gasteiger partial charge in [-0.1, -0.05) is 12.1 Å². The maximum absolute atomic E-state index is 14.3. The van der Waals surface area contributed by atoms with Crippen molar-refractivity contribution in [2.45, 2.75) is 12.0 Å². The molecule has 2 rings (SSSR count). The fraction of sp³-hybridized carbons (Fsp3) is 0.176. The van der Waals surface area contributed by atoms with E-state index in [1.54, 1.807) is 0 Å². The highest BCUT2D eigenvalue weighted by atomic mass is 19.1. The van der Waals surface area contributed by atoms with Gasteiger partial charge in [-0.15, -0.1) is 0 Å². The van der Waals surface area contributed by atoms with Crippen LogP contribution in [0.15, 0.2) is 36.4 Å². The maximum atomic E-state index is 14.3. The summed E-state index contributed by atoms with van der Waals surface area (Å²) in [5, 5.41) is 18.3. The Hall–Kier alpha value is -2.98. The van der Waals surface area contributed by atoms with Crippen molar-refractivity contribution in [2.75, 3.05) is 7.11 Å². The molecule has 24 heavy (non-hydrogen) atoms. The van der Waals surface area contributed by atoms with Crippen LogP contribution in [-0.4, -0.2) is 18.1 Å². The van der Waals surface area contributed by atoms with E-state index in [0.29, 0.717) is 11.1 Å². The molecule has 1 atom stereocenters. The van der Waals surface area contributed by atoms with Gasteiger partial charge in [0.2, 0.25) is 0 Å². The van der Waals surface area contributed by atoms with E-state index >= 15 is 0 Å². The standard InChI is InChI=1S/C17H14F2N2O3/c1-24-17(16(21)23,8-10-2-4-11(9-20)5-3-10)14-12(18)6-7-13(22)15(14)19/h2-7,22H,8H2,1H3,(H2,21,23). The van der Waals surface area contributed by atoms with Gasteiger partial charge in [-0.3, -0.25) is 4.79 Å². The van der Waals surface area contributed by atoms with E-state index in [4.69, 9.17) is 15.7 Å². The Morgan fingerprint density at radius 3 is 2.42 bits per heavy atom. The first-order valence-electron chi connectivity index (χ1n) is 6.87. The van der Waals surface area contributed by atoms with Gasteiger partial charge >= 0.3 is 0 Å². The van der Waals surface area contributed by atoms with Crippen molar-refractivity contribution in [3.63, 3.8) is 0 Å². The van der Waals surface area contributed by atoms with Gasteiger partial charge in [0.15, 0.2) is 17.2 Å². The number of phenolic OH excluding ortho intramolecular Hbond substituents is 1. The smallest absolute Gasteiger partial charge is 0.254 e. The van der Waals surface area contributed by atoms with Crippen LogP contribution in [0.5, 0.6) is 5.75 Å². The lowest BCUT2D eigenvalue weighted by Gasteiger charge is -2.30. The number of hydrogen-bond acceptors (Lipinski definition) is 4. The van der Waals surface area contributed by atoms with E-state index < -0.39 is 34.5 Å². The van der Waals surface area contributed by atoms with Crippen molar-refractivity contribution in [3.05, 3.63) is 64.7 Å². The topological polar surface area (TPSA) is 96.3 Å². The van der Waals surface area contributed by atoms with Crippen LogP contribution < -0.4 is 5.73 Å². The average Bonchev–Trinajstić information content (AvgIpc) is 2.57. The zero-order valence-corrected chi connectivity index (χ0v) is 12.7. The lowest BCUT2D eigenvalue weighted by molar-refractivity contribution is -0.142. The molecule has 7 heteroatoms. The molecule has 1 amide bonds. The molecule has 0 bridgehead atoms. The number of halogens is 2. The monoisotopic (exact) mass is 332 g/mol. The van der Waals surface area contributed by atoms with Crippen molar-refractivity contribution in [2.24, 2.45) is 5.73 Å². The van der Waals surface area contributed by atoms with E-state index in [2.05, 4.69) is 0 Å². The Morgan fingerprint density at radius 2 is 1.92 bits per heavy atom. The molecule has 0 saturated carbocycles. The predicted molar refractivity (Wildman–Crippen MR) is 80.8 cm³/mol. The molecule has 124 valence electrons. The number of carbonyl (C=O) groups is 1. The Balaban J connectivity index is 2.61. The van der Waals surface area contributed by atoms with E-state index in [1.807, 2.05) is 6.07 Å². The van der Waals surface area contributed by atoms with Gasteiger partial charge in [0.25, 0.3) is 5.91 Å². The van der Waals surface area contributed by atoms with E-state index in [-0.39, 0.29) is 6.42 Å². The first-order valence-corrected chi connectivity index (χ1v) is 6.87. The number of phenols is 1. The van der Waals surface area contributed by atoms with Crippen LogP contribution in [0.4, 0.5) is 8.78 Å².